The third-order valence-corrected chi connectivity index (χ3v) is 3.64. The maximum absolute atomic E-state index is 11.9. The molecule has 0 saturated carbocycles. The Morgan fingerprint density at radius 1 is 1.37 bits per heavy atom. The summed E-state index contributed by atoms with van der Waals surface area (Å²) in [6.45, 7) is 3.74. The molecule has 0 aliphatic carbocycles. The summed E-state index contributed by atoms with van der Waals surface area (Å²) in [5.74, 6) is 0.291. The Balaban J connectivity index is 1.89. The molecule has 5 nitrogen and oxygen atoms in total. The van der Waals surface area contributed by atoms with E-state index < -0.39 is 0 Å². The summed E-state index contributed by atoms with van der Waals surface area (Å²) in [4.78, 5) is 16.3. The highest BCUT2D eigenvalue weighted by molar-refractivity contribution is 7.22. The summed E-state index contributed by atoms with van der Waals surface area (Å²) in [6, 6.07) is 7.54. The molecule has 0 unspecified atom stereocenters. The lowest BCUT2D eigenvalue weighted by Crippen LogP contribution is -2.11. The predicted molar refractivity (Wildman–Crippen MR) is 73.6 cm³/mol. The van der Waals surface area contributed by atoms with Gasteiger partial charge in [-0.3, -0.25) is 10.1 Å². The van der Waals surface area contributed by atoms with Gasteiger partial charge < -0.3 is 4.52 Å². The van der Waals surface area contributed by atoms with Crippen molar-refractivity contribution in [3.05, 3.63) is 41.3 Å². The molecule has 1 aromatic carbocycles. The van der Waals surface area contributed by atoms with E-state index in [1.54, 1.807) is 13.0 Å². The molecule has 3 aromatic rings. The van der Waals surface area contributed by atoms with Gasteiger partial charge in [0.25, 0.3) is 5.91 Å². The van der Waals surface area contributed by atoms with Gasteiger partial charge in [-0.15, -0.1) is 0 Å². The zero-order valence-electron chi connectivity index (χ0n) is 10.4. The Morgan fingerprint density at radius 3 is 2.89 bits per heavy atom. The van der Waals surface area contributed by atoms with Crippen molar-refractivity contribution in [2.24, 2.45) is 0 Å². The first kappa shape index (κ1) is 11.9. The molecule has 1 N–H and O–H groups in total. The third kappa shape index (κ3) is 2.22. The van der Waals surface area contributed by atoms with Crippen molar-refractivity contribution < 1.29 is 9.32 Å². The summed E-state index contributed by atoms with van der Waals surface area (Å²) < 4.78 is 5.92. The predicted octanol–water partition coefficient (Wildman–Crippen LogP) is 3.15. The highest BCUT2D eigenvalue weighted by atomic mass is 32.1. The van der Waals surface area contributed by atoms with E-state index in [9.17, 15) is 4.79 Å². The lowest BCUT2D eigenvalue weighted by molar-refractivity contribution is 0.101. The van der Waals surface area contributed by atoms with Crippen LogP contribution in [0.1, 0.15) is 21.8 Å². The van der Waals surface area contributed by atoms with Crippen molar-refractivity contribution in [2.45, 2.75) is 13.8 Å². The van der Waals surface area contributed by atoms with Crippen molar-refractivity contribution in [2.75, 3.05) is 5.32 Å². The first-order valence-corrected chi connectivity index (χ1v) is 6.56. The maximum Gasteiger partial charge on any atom is 0.279 e. The number of rotatable bonds is 2. The lowest BCUT2D eigenvalue weighted by atomic mass is 10.2. The van der Waals surface area contributed by atoms with Gasteiger partial charge in [-0.05, 0) is 25.5 Å². The van der Waals surface area contributed by atoms with Gasteiger partial charge in [0.1, 0.15) is 5.76 Å². The number of hydrogen-bond donors (Lipinski definition) is 1. The van der Waals surface area contributed by atoms with Crippen LogP contribution < -0.4 is 5.32 Å². The number of anilines is 1. The van der Waals surface area contributed by atoms with Gasteiger partial charge in [0.05, 0.1) is 10.2 Å². The molecular weight excluding hydrogens is 262 g/mol. The van der Waals surface area contributed by atoms with E-state index in [-0.39, 0.29) is 11.6 Å². The molecule has 0 radical (unpaired) electrons. The van der Waals surface area contributed by atoms with E-state index in [2.05, 4.69) is 15.5 Å². The maximum atomic E-state index is 11.9. The monoisotopic (exact) mass is 273 g/mol. The van der Waals surface area contributed by atoms with E-state index in [1.807, 2.05) is 25.1 Å². The van der Waals surface area contributed by atoms with Crippen LogP contribution in [0.2, 0.25) is 0 Å². The standard InChI is InChI=1S/C13H11N3O2S/c1-7-4-3-5-10-11(7)14-13(19-10)15-12(17)9-6-8(2)18-16-9/h3-6H,1-2H3,(H,14,15,17). The van der Waals surface area contributed by atoms with Crippen molar-refractivity contribution in [3.8, 4) is 0 Å². The molecular formula is C13H11N3O2S. The van der Waals surface area contributed by atoms with Crippen LogP contribution >= 0.6 is 11.3 Å². The number of aryl methyl sites for hydroxylation is 2. The minimum atomic E-state index is -0.312. The lowest BCUT2D eigenvalue weighted by Gasteiger charge is -1.95. The molecule has 0 spiro atoms. The van der Waals surface area contributed by atoms with Crippen LogP contribution in [0.15, 0.2) is 28.8 Å². The van der Waals surface area contributed by atoms with Gasteiger partial charge in [-0.2, -0.15) is 0 Å². The highest BCUT2D eigenvalue weighted by Crippen LogP contribution is 2.28. The number of nitrogens with zero attached hydrogens (tertiary/aromatic N) is 2. The number of benzene rings is 1. The van der Waals surface area contributed by atoms with Gasteiger partial charge in [0, 0.05) is 6.07 Å². The number of carbonyl (C=O) groups excluding carboxylic acids is 1. The molecule has 0 aliphatic rings. The quantitative estimate of drug-likeness (QED) is 0.778. The summed E-state index contributed by atoms with van der Waals surface area (Å²) in [7, 11) is 0. The normalized spacial score (nSPS) is 10.8. The van der Waals surface area contributed by atoms with Crippen LogP contribution in [0.5, 0.6) is 0 Å². The molecule has 0 fully saturated rings. The molecule has 3 rings (SSSR count). The topological polar surface area (TPSA) is 68.0 Å². The average molecular weight is 273 g/mol. The molecule has 1 amide bonds. The second-order valence-electron chi connectivity index (χ2n) is 4.22. The molecule has 0 aliphatic heterocycles. The van der Waals surface area contributed by atoms with Crippen LogP contribution in [-0.2, 0) is 0 Å². The number of thiazole rings is 1. The molecule has 0 saturated heterocycles. The Hall–Kier alpha value is -2.21. The van der Waals surface area contributed by atoms with E-state index >= 15 is 0 Å². The Morgan fingerprint density at radius 2 is 2.21 bits per heavy atom. The third-order valence-electron chi connectivity index (χ3n) is 2.70. The molecule has 0 bridgehead atoms. The van der Waals surface area contributed by atoms with Gasteiger partial charge in [-0.1, -0.05) is 28.6 Å². The van der Waals surface area contributed by atoms with Crippen molar-refractivity contribution in [3.63, 3.8) is 0 Å². The van der Waals surface area contributed by atoms with Crippen LogP contribution in [-0.4, -0.2) is 16.0 Å². The van der Waals surface area contributed by atoms with Gasteiger partial charge >= 0.3 is 0 Å². The minimum absolute atomic E-state index is 0.258. The Kier molecular flexibility index (Phi) is 2.79. The van der Waals surface area contributed by atoms with E-state index in [0.29, 0.717) is 10.9 Å². The van der Waals surface area contributed by atoms with Crippen LogP contribution in [0.25, 0.3) is 10.2 Å². The second kappa shape index (κ2) is 4.47. The van der Waals surface area contributed by atoms with Crippen LogP contribution in [0, 0.1) is 13.8 Å². The van der Waals surface area contributed by atoms with Gasteiger partial charge in [-0.25, -0.2) is 4.98 Å². The summed E-state index contributed by atoms with van der Waals surface area (Å²) in [5.41, 5.74) is 2.26. The number of amides is 1. The Labute approximate surface area is 113 Å². The fourth-order valence-corrected chi connectivity index (χ4v) is 2.71. The zero-order chi connectivity index (χ0) is 13.4. The number of para-hydroxylation sites is 1. The zero-order valence-corrected chi connectivity index (χ0v) is 11.2. The first-order valence-electron chi connectivity index (χ1n) is 5.74. The first-order chi connectivity index (χ1) is 9.13. The smallest absolute Gasteiger partial charge is 0.279 e. The number of carbonyl (C=O) groups is 1. The number of aromatic nitrogens is 2. The molecule has 19 heavy (non-hydrogen) atoms. The van der Waals surface area contributed by atoms with Crippen molar-refractivity contribution in [1.29, 1.82) is 0 Å². The summed E-state index contributed by atoms with van der Waals surface area (Å²) in [5, 5.41) is 6.97. The highest BCUT2D eigenvalue weighted by Gasteiger charge is 2.13. The second-order valence-corrected chi connectivity index (χ2v) is 5.25. The fraction of sp³-hybridized carbons (Fsp3) is 0.154. The fourth-order valence-electron chi connectivity index (χ4n) is 1.77. The van der Waals surface area contributed by atoms with E-state index in [4.69, 9.17) is 4.52 Å². The van der Waals surface area contributed by atoms with E-state index in [1.165, 1.54) is 11.3 Å². The summed E-state index contributed by atoms with van der Waals surface area (Å²) >= 11 is 1.44. The Bertz CT molecular complexity index is 760. The largest absolute Gasteiger partial charge is 0.361 e. The molecule has 2 aromatic heterocycles. The average Bonchev–Trinajstić information content (AvgIpc) is 2.96. The summed E-state index contributed by atoms with van der Waals surface area (Å²) in [6.07, 6.45) is 0. The number of nitrogens with one attached hydrogen (secondary N) is 1. The number of hydrogen-bond acceptors (Lipinski definition) is 5. The van der Waals surface area contributed by atoms with E-state index in [0.717, 1.165) is 15.8 Å². The molecule has 6 heteroatoms. The van der Waals surface area contributed by atoms with Crippen molar-refractivity contribution >= 4 is 32.6 Å². The number of fused-ring (bicyclic) bond motifs is 1. The SMILES string of the molecule is Cc1cc(C(=O)Nc2nc3c(C)cccc3s2)no1. The van der Waals surface area contributed by atoms with Crippen molar-refractivity contribution in [1.82, 2.24) is 10.1 Å². The van der Waals surface area contributed by atoms with Crippen LogP contribution in [0.3, 0.4) is 0 Å². The van der Waals surface area contributed by atoms with Crippen LogP contribution in [0.4, 0.5) is 5.13 Å². The van der Waals surface area contributed by atoms with Gasteiger partial charge in [0.2, 0.25) is 0 Å². The minimum Gasteiger partial charge on any atom is -0.361 e. The van der Waals surface area contributed by atoms with Gasteiger partial charge in [0.15, 0.2) is 10.8 Å². The molecule has 2 heterocycles. The molecule has 0 atom stereocenters. The molecule has 96 valence electrons.